The normalized spacial score (nSPS) is 21.5. The van der Waals surface area contributed by atoms with Gasteiger partial charge in [-0.2, -0.15) is 0 Å². The van der Waals surface area contributed by atoms with E-state index in [0.717, 1.165) is 18.7 Å². The lowest BCUT2D eigenvalue weighted by Gasteiger charge is -2.13. The van der Waals surface area contributed by atoms with Crippen LogP contribution in [0.5, 0.6) is 5.75 Å². The number of para-hydroxylation sites is 1. The Morgan fingerprint density at radius 1 is 1.54 bits per heavy atom. The van der Waals surface area contributed by atoms with Gasteiger partial charge < -0.3 is 4.74 Å². The van der Waals surface area contributed by atoms with Crippen molar-refractivity contribution in [3.8, 4) is 5.75 Å². The second-order valence-electron chi connectivity index (χ2n) is 3.05. The Kier molecular flexibility index (Phi) is 2.76. The first-order chi connectivity index (χ1) is 6.40. The Bertz CT molecular complexity index is 290. The van der Waals surface area contributed by atoms with Crippen molar-refractivity contribution in [2.75, 3.05) is 6.54 Å². The van der Waals surface area contributed by atoms with Crippen molar-refractivity contribution in [1.29, 1.82) is 0 Å². The first kappa shape index (κ1) is 8.91. The highest BCUT2D eigenvalue weighted by molar-refractivity contribution is 7.97. The van der Waals surface area contributed by atoms with E-state index in [2.05, 4.69) is 17.7 Å². The van der Waals surface area contributed by atoms with Crippen LogP contribution in [0.1, 0.15) is 13.3 Å². The summed E-state index contributed by atoms with van der Waals surface area (Å²) >= 11 is 1.65. The average Bonchev–Trinajstić information content (AvgIpc) is 2.38. The second kappa shape index (κ2) is 4.03. The maximum absolute atomic E-state index is 5.82. The van der Waals surface area contributed by atoms with E-state index in [1.807, 2.05) is 18.2 Å². The molecule has 13 heavy (non-hydrogen) atoms. The molecular weight excluding hydrogens is 182 g/mol. The summed E-state index contributed by atoms with van der Waals surface area (Å²) in [5.74, 6) is 1.00. The Balaban J connectivity index is 2.23. The molecule has 1 aromatic carbocycles. The molecule has 0 saturated carbocycles. The first-order valence-electron chi connectivity index (χ1n) is 4.55. The summed E-state index contributed by atoms with van der Waals surface area (Å²) in [6, 6.07) is 8.14. The van der Waals surface area contributed by atoms with Crippen LogP contribution in [-0.4, -0.2) is 12.6 Å². The molecular formula is C10H13NOS. The van der Waals surface area contributed by atoms with E-state index < -0.39 is 0 Å². The van der Waals surface area contributed by atoms with Gasteiger partial charge in [0.2, 0.25) is 0 Å². The monoisotopic (exact) mass is 195 g/mol. The molecule has 0 spiro atoms. The number of nitrogens with one attached hydrogen (secondary N) is 1. The number of benzene rings is 1. The molecule has 0 aliphatic carbocycles. The predicted molar refractivity (Wildman–Crippen MR) is 55.0 cm³/mol. The third-order valence-corrected chi connectivity index (χ3v) is 2.96. The SMILES string of the molecule is CC[C@@H]1CNSc2ccccc2O1. The fraction of sp³-hybridized carbons (Fsp3) is 0.400. The van der Waals surface area contributed by atoms with Crippen molar-refractivity contribution < 1.29 is 4.74 Å². The molecule has 1 aromatic rings. The molecule has 2 nitrogen and oxygen atoms in total. The highest BCUT2D eigenvalue weighted by atomic mass is 32.2. The molecule has 0 saturated heterocycles. The lowest BCUT2D eigenvalue weighted by Crippen LogP contribution is -2.25. The number of hydrogen-bond acceptors (Lipinski definition) is 3. The molecule has 0 aromatic heterocycles. The molecule has 1 aliphatic rings. The Morgan fingerprint density at radius 3 is 3.23 bits per heavy atom. The molecule has 0 amide bonds. The molecule has 70 valence electrons. The standard InChI is InChI=1S/C10H13NOS/c1-2-8-7-11-13-10-6-4-3-5-9(10)12-8/h3-6,8,11H,2,7H2,1H3/t8-/m1/s1. The van der Waals surface area contributed by atoms with Gasteiger partial charge in [-0.25, -0.2) is 0 Å². The summed E-state index contributed by atoms with van der Waals surface area (Å²) in [4.78, 5) is 1.18. The third kappa shape index (κ3) is 1.98. The maximum atomic E-state index is 5.82. The quantitative estimate of drug-likeness (QED) is 0.695. The van der Waals surface area contributed by atoms with Crippen molar-refractivity contribution >= 4 is 11.9 Å². The number of rotatable bonds is 1. The Morgan fingerprint density at radius 2 is 2.38 bits per heavy atom. The summed E-state index contributed by atoms with van der Waals surface area (Å²) in [6.07, 6.45) is 1.35. The van der Waals surface area contributed by atoms with Crippen LogP contribution in [0.25, 0.3) is 0 Å². The maximum Gasteiger partial charge on any atom is 0.134 e. The van der Waals surface area contributed by atoms with Crippen LogP contribution in [0.4, 0.5) is 0 Å². The van der Waals surface area contributed by atoms with Crippen LogP contribution < -0.4 is 9.46 Å². The van der Waals surface area contributed by atoms with Gasteiger partial charge in [0.25, 0.3) is 0 Å². The van der Waals surface area contributed by atoms with E-state index in [1.165, 1.54) is 4.90 Å². The number of ether oxygens (including phenoxy) is 1. The topological polar surface area (TPSA) is 21.3 Å². The lowest BCUT2D eigenvalue weighted by atomic mass is 10.3. The van der Waals surface area contributed by atoms with E-state index in [0.29, 0.717) is 6.10 Å². The first-order valence-corrected chi connectivity index (χ1v) is 5.37. The molecule has 0 bridgehead atoms. The smallest absolute Gasteiger partial charge is 0.134 e. The van der Waals surface area contributed by atoms with E-state index >= 15 is 0 Å². The summed E-state index contributed by atoms with van der Waals surface area (Å²) in [7, 11) is 0. The van der Waals surface area contributed by atoms with Crippen molar-refractivity contribution in [1.82, 2.24) is 4.72 Å². The minimum Gasteiger partial charge on any atom is -0.488 e. The van der Waals surface area contributed by atoms with Crippen molar-refractivity contribution in [2.45, 2.75) is 24.3 Å². The fourth-order valence-corrected chi connectivity index (χ4v) is 2.08. The van der Waals surface area contributed by atoms with Gasteiger partial charge in [0.1, 0.15) is 11.9 Å². The van der Waals surface area contributed by atoms with Crippen LogP contribution in [-0.2, 0) is 0 Å². The summed E-state index contributed by atoms with van der Waals surface area (Å²) < 4.78 is 9.12. The van der Waals surface area contributed by atoms with Crippen LogP contribution in [0.15, 0.2) is 29.2 Å². The number of hydrogen-bond donors (Lipinski definition) is 1. The van der Waals surface area contributed by atoms with E-state index in [4.69, 9.17) is 4.74 Å². The van der Waals surface area contributed by atoms with E-state index in [-0.39, 0.29) is 0 Å². The Labute approximate surface area is 82.8 Å². The van der Waals surface area contributed by atoms with Gasteiger partial charge in [-0.3, -0.25) is 4.72 Å². The van der Waals surface area contributed by atoms with Crippen molar-refractivity contribution in [3.63, 3.8) is 0 Å². The van der Waals surface area contributed by atoms with Gasteiger partial charge in [-0.05, 0) is 30.5 Å². The molecule has 0 radical (unpaired) electrons. The van der Waals surface area contributed by atoms with Gasteiger partial charge in [0.05, 0.1) is 4.90 Å². The fourth-order valence-electron chi connectivity index (χ4n) is 1.29. The van der Waals surface area contributed by atoms with Gasteiger partial charge in [0, 0.05) is 6.54 Å². The van der Waals surface area contributed by atoms with E-state index in [1.54, 1.807) is 11.9 Å². The summed E-state index contributed by atoms with van der Waals surface area (Å²) in [5, 5.41) is 0. The predicted octanol–water partition coefficient (Wildman–Crippen LogP) is 2.45. The largest absolute Gasteiger partial charge is 0.488 e. The van der Waals surface area contributed by atoms with Crippen molar-refractivity contribution in [3.05, 3.63) is 24.3 Å². The second-order valence-corrected chi connectivity index (χ2v) is 3.98. The minimum absolute atomic E-state index is 0.302. The zero-order valence-corrected chi connectivity index (χ0v) is 8.43. The summed E-state index contributed by atoms with van der Waals surface area (Å²) in [6.45, 7) is 3.06. The summed E-state index contributed by atoms with van der Waals surface area (Å²) in [5.41, 5.74) is 0. The zero-order valence-electron chi connectivity index (χ0n) is 7.62. The highest BCUT2D eigenvalue weighted by Gasteiger charge is 2.15. The minimum atomic E-state index is 0.302. The zero-order chi connectivity index (χ0) is 9.10. The molecule has 1 N–H and O–H groups in total. The van der Waals surface area contributed by atoms with Crippen LogP contribution in [0.2, 0.25) is 0 Å². The molecule has 2 rings (SSSR count). The van der Waals surface area contributed by atoms with Crippen molar-refractivity contribution in [2.24, 2.45) is 0 Å². The molecule has 1 atom stereocenters. The van der Waals surface area contributed by atoms with Gasteiger partial charge in [0.15, 0.2) is 0 Å². The van der Waals surface area contributed by atoms with Crippen LogP contribution in [0, 0.1) is 0 Å². The molecule has 0 fully saturated rings. The van der Waals surface area contributed by atoms with Crippen LogP contribution in [0.3, 0.4) is 0 Å². The van der Waals surface area contributed by atoms with Gasteiger partial charge in [-0.1, -0.05) is 19.1 Å². The van der Waals surface area contributed by atoms with Gasteiger partial charge >= 0.3 is 0 Å². The number of fused-ring (bicyclic) bond motifs is 1. The average molecular weight is 195 g/mol. The molecule has 0 unspecified atom stereocenters. The lowest BCUT2D eigenvalue weighted by molar-refractivity contribution is 0.200. The van der Waals surface area contributed by atoms with E-state index in [9.17, 15) is 0 Å². The molecule has 3 heteroatoms. The van der Waals surface area contributed by atoms with Gasteiger partial charge in [-0.15, -0.1) is 0 Å². The third-order valence-electron chi connectivity index (χ3n) is 2.09. The molecule has 1 heterocycles. The highest BCUT2D eigenvalue weighted by Crippen LogP contribution is 2.30. The Hall–Kier alpha value is -0.670. The molecule has 1 aliphatic heterocycles. The van der Waals surface area contributed by atoms with Crippen LogP contribution >= 0.6 is 11.9 Å².